The van der Waals surface area contributed by atoms with E-state index < -0.39 is 5.97 Å². The van der Waals surface area contributed by atoms with Crippen LogP contribution in [-0.4, -0.2) is 29.4 Å². The van der Waals surface area contributed by atoms with Crippen LogP contribution in [0.25, 0.3) is 0 Å². The SMILES string of the molecule is CCOC(=O)C(=NOC1CCC(C(C)(C)C)CC1)c1csc(N)n1. The number of thiazole rings is 1. The zero-order chi connectivity index (χ0) is 17.7. The molecule has 1 aliphatic rings. The minimum absolute atomic E-state index is 0.0315. The molecule has 0 spiro atoms. The molecule has 0 aromatic carbocycles. The first-order valence-electron chi connectivity index (χ1n) is 8.43. The van der Waals surface area contributed by atoms with Crippen molar-refractivity contribution in [2.24, 2.45) is 16.5 Å². The summed E-state index contributed by atoms with van der Waals surface area (Å²) in [6.45, 7) is 8.86. The van der Waals surface area contributed by atoms with E-state index in [9.17, 15) is 4.79 Å². The smallest absolute Gasteiger partial charge is 0.362 e. The lowest BCUT2D eigenvalue weighted by molar-refractivity contribution is -0.135. The molecule has 0 aliphatic heterocycles. The summed E-state index contributed by atoms with van der Waals surface area (Å²) >= 11 is 1.26. The van der Waals surface area contributed by atoms with Gasteiger partial charge in [0.25, 0.3) is 0 Å². The molecular weight excluding hydrogens is 326 g/mol. The Kier molecular flexibility index (Phi) is 6.21. The van der Waals surface area contributed by atoms with E-state index in [0.29, 0.717) is 22.2 Å². The zero-order valence-corrected chi connectivity index (χ0v) is 15.7. The number of hydrogen-bond donors (Lipinski definition) is 1. The van der Waals surface area contributed by atoms with Gasteiger partial charge in [-0.2, -0.15) is 0 Å². The number of nitrogens with zero attached hydrogens (tertiary/aromatic N) is 2. The number of oxime groups is 1. The average Bonchev–Trinajstić information content (AvgIpc) is 2.93. The van der Waals surface area contributed by atoms with Crippen LogP contribution in [0.3, 0.4) is 0 Å². The van der Waals surface area contributed by atoms with Crippen molar-refractivity contribution in [1.29, 1.82) is 0 Å². The lowest BCUT2D eigenvalue weighted by Crippen LogP contribution is -2.29. The molecule has 0 amide bonds. The lowest BCUT2D eigenvalue weighted by Gasteiger charge is -2.36. The molecule has 1 aromatic rings. The Hall–Kier alpha value is -1.63. The lowest BCUT2D eigenvalue weighted by atomic mass is 9.72. The van der Waals surface area contributed by atoms with E-state index in [1.54, 1.807) is 12.3 Å². The Morgan fingerprint density at radius 2 is 2.04 bits per heavy atom. The summed E-state index contributed by atoms with van der Waals surface area (Å²) < 4.78 is 5.04. The van der Waals surface area contributed by atoms with E-state index >= 15 is 0 Å². The Bertz CT molecular complexity index is 584. The molecule has 0 unspecified atom stereocenters. The molecule has 0 saturated heterocycles. The van der Waals surface area contributed by atoms with Crippen LogP contribution >= 0.6 is 11.3 Å². The van der Waals surface area contributed by atoms with Crippen LogP contribution in [0.1, 0.15) is 59.1 Å². The molecule has 0 bridgehead atoms. The highest BCUT2D eigenvalue weighted by Gasteiger charge is 2.31. The zero-order valence-electron chi connectivity index (χ0n) is 14.9. The molecule has 6 nitrogen and oxygen atoms in total. The van der Waals surface area contributed by atoms with Gasteiger partial charge >= 0.3 is 5.97 Å². The van der Waals surface area contributed by atoms with E-state index in [2.05, 4.69) is 30.9 Å². The summed E-state index contributed by atoms with van der Waals surface area (Å²) in [5.41, 5.74) is 6.45. The van der Waals surface area contributed by atoms with Gasteiger partial charge in [0.15, 0.2) is 5.13 Å². The third kappa shape index (κ3) is 4.93. The predicted octanol–water partition coefficient (Wildman–Crippen LogP) is 3.61. The summed E-state index contributed by atoms with van der Waals surface area (Å²) in [5, 5.41) is 6.14. The van der Waals surface area contributed by atoms with Crippen LogP contribution < -0.4 is 5.73 Å². The topological polar surface area (TPSA) is 86.8 Å². The molecule has 24 heavy (non-hydrogen) atoms. The second kappa shape index (κ2) is 7.96. The van der Waals surface area contributed by atoms with Gasteiger partial charge in [0.2, 0.25) is 5.71 Å². The highest BCUT2D eigenvalue weighted by Crippen LogP contribution is 2.38. The number of esters is 1. The molecule has 0 radical (unpaired) electrons. The van der Waals surface area contributed by atoms with Crippen LogP contribution in [0.5, 0.6) is 0 Å². The van der Waals surface area contributed by atoms with Crippen molar-refractivity contribution in [2.45, 2.75) is 59.5 Å². The first-order chi connectivity index (χ1) is 11.3. The van der Waals surface area contributed by atoms with Crippen molar-refractivity contribution in [3.8, 4) is 0 Å². The highest BCUT2D eigenvalue weighted by atomic mass is 32.1. The number of carbonyl (C=O) groups excluding carboxylic acids is 1. The number of nitrogen functional groups attached to an aromatic ring is 1. The van der Waals surface area contributed by atoms with Crippen molar-refractivity contribution in [3.05, 3.63) is 11.1 Å². The van der Waals surface area contributed by atoms with Crippen molar-refractivity contribution in [2.75, 3.05) is 12.3 Å². The molecule has 7 heteroatoms. The largest absolute Gasteiger partial charge is 0.461 e. The van der Waals surface area contributed by atoms with Gasteiger partial charge in [-0.3, -0.25) is 0 Å². The average molecular weight is 353 g/mol. The number of hydrogen-bond acceptors (Lipinski definition) is 7. The molecule has 1 aromatic heterocycles. The number of aromatic nitrogens is 1. The van der Waals surface area contributed by atoms with E-state index in [-0.39, 0.29) is 18.4 Å². The molecule has 2 rings (SSSR count). The molecule has 1 fully saturated rings. The summed E-state index contributed by atoms with van der Waals surface area (Å²) in [4.78, 5) is 21.9. The maximum atomic E-state index is 12.1. The van der Waals surface area contributed by atoms with Crippen molar-refractivity contribution in [3.63, 3.8) is 0 Å². The normalized spacial score (nSPS) is 22.2. The fourth-order valence-corrected chi connectivity index (χ4v) is 3.49. The third-order valence-corrected chi connectivity index (χ3v) is 5.10. The van der Waals surface area contributed by atoms with Gasteiger partial charge in [-0.25, -0.2) is 9.78 Å². The second-order valence-electron chi connectivity index (χ2n) is 7.18. The van der Waals surface area contributed by atoms with E-state index in [0.717, 1.165) is 25.7 Å². The first kappa shape index (κ1) is 18.7. The van der Waals surface area contributed by atoms with E-state index in [4.69, 9.17) is 15.3 Å². The number of ether oxygens (including phenoxy) is 1. The first-order valence-corrected chi connectivity index (χ1v) is 9.31. The number of anilines is 1. The van der Waals surface area contributed by atoms with Crippen molar-refractivity contribution >= 4 is 28.1 Å². The molecule has 1 aliphatic carbocycles. The molecule has 134 valence electrons. The molecule has 0 atom stereocenters. The summed E-state index contributed by atoms with van der Waals surface area (Å²) in [7, 11) is 0. The van der Waals surface area contributed by atoms with Gasteiger partial charge in [-0.1, -0.05) is 25.9 Å². The number of nitrogens with two attached hydrogens (primary N) is 1. The summed E-state index contributed by atoms with van der Waals surface area (Å²) in [5.74, 6) is 0.162. The fourth-order valence-electron chi connectivity index (χ4n) is 2.95. The van der Waals surface area contributed by atoms with Gasteiger partial charge in [0.05, 0.1) is 6.61 Å². The van der Waals surface area contributed by atoms with Crippen molar-refractivity contribution < 1.29 is 14.4 Å². The molecule has 2 N–H and O–H groups in total. The minimum Gasteiger partial charge on any atom is -0.461 e. The van der Waals surface area contributed by atoms with Crippen molar-refractivity contribution in [1.82, 2.24) is 4.98 Å². The molecule has 1 saturated carbocycles. The molecule has 1 heterocycles. The Morgan fingerprint density at radius 1 is 1.38 bits per heavy atom. The van der Waals surface area contributed by atoms with Crippen LogP contribution in [-0.2, 0) is 14.4 Å². The number of carbonyl (C=O) groups is 1. The Balaban J connectivity index is 2.02. The second-order valence-corrected chi connectivity index (χ2v) is 8.07. The fraction of sp³-hybridized carbons (Fsp3) is 0.706. The van der Waals surface area contributed by atoms with Gasteiger partial charge in [-0.05, 0) is 43.9 Å². The number of rotatable bonds is 5. The maximum Gasteiger partial charge on any atom is 0.362 e. The van der Waals surface area contributed by atoms with Crippen LogP contribution in [0.4, 0.5) is 5.13 Å². The monoisotopic (exact) mass is 353 g/mol. The summed E-state index contributed by atoms with van der Waals surface area (Å²) in [6.07, 6.45) is 4.15. The highest BCUT2D eigenvalue weighted by molar-refractivity contribution is 7.13. The predicted molar refractivity (Wildman–Crippen MR) is 96.0 cm³/mol. The van der Waals surface area contributed by atoms with E-state index in [1.807, 2.05) is 0 Å². The Labute approximate surface area is 147 Å². The van der Waals surface area contributed by atoms with Crippen LogP contribution in [0.15, 0.2) is 10.5 Å². The quantitative estimate of drug-likeness (QED) is 0.496. The van der Waals surface area contributed by atoms with Gasteiger partial charge in [0, 0.05) is 5.38 Å². The van der Waals surface area contributed by atoms with Crippen LogP contribution in [0, 0.1) is 11.3 Å². The van der Waals surface area contributed by atoms with Gasteiger partial charge in [-0.15, -0.1) is 11.3 Å². The van der Waals surface area contributed by atoms with E-state index in [1.165, 1.54) is 11.3 Å². The maximum absolute atomic E-state index is 12.1. The van der Waals surface area contributed by atoms with Gasteiger partial charge in [0.1, 0.15) is 11.8 Å². The standard InChI is InChI=1S/C17H27N3O3S/c1-5-22-15(21)14(13-10-24-16(18)19-13)20-23-12-8-6-11(7-9-12)17(2,3)4/h10-12H,5-9H2,1-4H3,(H2,18,19). The Morgan fingerprint density at radius 3 is 2.54 bits per heavy atom. The van der Waals surface area contributed by atoms with Crippen LogP contribution in [0.2, 0.25) is 0 Å². The van der Waals surface area contributed by atoms with Gasteiger partial charge < -0.3 is 15.3 Å². The third-order valence-electron chi connectivity index (χ3n) is 4.43. The summed E-state index contributed by atoms with van der Waals surface area (Å²) in [6, 6.07) is 0. The minimum atomic E-state index is -0.536. The molecular formula is C17H27N3O3S.